The molecular formula is C27H31F5N6O4. The lowest BCUT2D eigenvalue weighted by Crippen LogP contribution is -2.37. The second-order valence-corrected chi connectivity index (χ2v) is 11.0. The van der Waals surface area contributed by atoms with E-state index in [2.05, 4.69) is 25.9 Å². The Morgan fingerprint density at radius 1 is 1.14 bits per heavy atom. The van der Waals surface area contributed by atoms with Crippen molar-refractivity contribution in [3.63, 3.8) is 0 Å². The maximum atomic E-state index is 14.0. The van der Waals surface area contributed by atoms with Crippen molar-refractivity contribution in [3.8, 4) is 0 Å². The van der Waals surface area contributed by atoms with Crippen molar-refractivity contribution in [1.82, 2.24) is 30.4 Å². The Kier molecular flexibility index (Phi) is 8.49. The molecule has 10 nitrogen and oxygen atoms in total. The summed E-state index contributed by atoms with van der Waals surface area (Å²) in [6, 6.07) is 0.436. The van der Waals surface area contributed by atoms with Gasteiger partial charge in [0.05, 0.1) is 43.2 Å². The molecule has 2 fully saturated rings. The number of aromatic nitrogens is 4. The highest BCUT2D eigenvalue weighted by molar-refractivity contribution is 5.95. The third-order valence-corrected chi connectivity index (χ3v) is 7.77. The van der Waals surface area contributed by atoms with Gasteiger partial charge in [-0.3, -0.25) is 9.59 Å². The smallest absolute Gasteiger partial charge is 0.378 e. The quantitative estimate of drug-likeness (QED) is 0.296. The number of carbonyl (C=O) groups is 2. The number of fused-ring (bicyclic) bond motifs is 1. The summed E-state index contributed by atoms with van der Waals surface area (Å²) in [6.07, 6.45) is -0.699. The number of alkyl halides is 5. The van der Waals surface area contributed by atoms with Gasteiger partial charge in [-0.2, -0.15) is 18.3 Å². The molecule has 42 heavy (non-hydrogen) atoms. The van der Waals surface area contributed by atoms with Gasteiger partial charge in [-0.1, -0.05) is 5.16 Å². The highest BCUT2D eigenvalue weighted by Crippen LogP contribution is 2.43. The van der Waals surface area contributed by atoms with Crippen LogP contribution in [0.2, 0.25) is 0 Å². The number of ether oxygens (including phenoxy) is 1. The van der Waals surface area contributed by atoms with Gasteiger partial charge in [0.1, 0.15) is 17.5 Å². The molecule has 2 saturated carbocycles. The van der Waals surface area contributed by atoms with Crippen molar-refractivity contribution in [2.45, 2.75) is 82.2 Å². The maximum Gasteiger partial charge on any atom is 0.389 e. The number of halogens is 5. The number of nitrogens with one attached hydrogen (secondary N) is 2. The van der Waals surface area contributed by atoms with E-state index in [1.807, 2.05) is 0 Å². The second kappa shape index (κ2) is 11.9. The van der Waals surface area contributed by atoms with Gasteiger partial charge in [0.15, 0.2) is 5.65 Å². The number of hydrogen-bond acceptors (Lipinski definition) is 7. The van der Waals surface area contributed by atoms with Gasteiger partial charge in [-0.15, -0.1) is 0 Å². The summed E-state index contributed by atoms with van der Waals surface area (Å²) in [5.74, 6) is -4.27. The van der Waals surface area contributed by atoms with E-state index in [-0.39, 0.29) is 55.4 Å². The Labute approximate surface area is 237 Å². The average Bonchev–Trinajstić information content (AvgIpc) is 3.51. The normalized spacial score (nSPS) is 19.0. The molecule has 2 amide bonds. The van der Waals surface area contributed by atoms with Crippen LogP contribution < -0.4 is 10.6 Å². The minimum Gasteiger partial charge on any atom is -0.378 e. The van der Waals surface area contributed by atoms with Crippen molar-refractivity contribution in [2.24, 2.45) is 11.8 Å². The molecule has 2 N–H and O–H groups in total. The molecule has 15 heteroatoms. The molecule has 0 spiro atoms. The number of carbonyl (C=O) groups excluding carboxylic acids is 2. The molecule has 5 rings (SSSR count). The summed E-state index contributed by atoms with van der Waals surface area (Å²) in [7, 11) is 1.45. The van der Waals surface area contributed by atoms with Crippen LogP contribution in [0.5, 0.6) is 0 Å². The minimum atomic E-state index is -4.43. The Hall–Kier alpha value is -3.62. The minimum absolute atomic E-state index is 0.0372. The van der Waals surface area contributed by atoms with E-state index >= 15 is 0 Å². The van der Waals surface area contributed by atoms with Crippen LogP contribution in [0, 0.1) is 11.8 Å². The number of nitrogens with zero attached hydrogens (tertiary/aromatic N) is 4. The zero-order valence-electron chi connectivity index (χ0n) is 22.8. The van der Waals surface area contributed by atoms with Gasteiger partial charge in [0.25, 0.3) is 5.91 Å². The predicted octanol–water partition coefficient (Wildman–Crippen LogP) is 5.07. The molecule has 3 aromatic rings. The van der Waals surface area contributed by atoms with Crippen LogP contribution in [0.15, 0.2) is 29.2 Å². The highest BCUT2D eigenvalue weighted by atomic mass is 19.4. The van der Waals surface area contributed by atoms with Crippen LogP contribution in [0.4, 0.5) is 22.0 Å². The Morgan fingerprint density at radius 2 is 1.86 bits per heavy atom. The molecule has 0 aromatic carbocycles. The monoisotopic (exact) mass is 598 g/mol. The zero-order chi connectivity index (χ0) is 30.1. The summed E-state index contributed by atoms with van der Waals surface area (Å²) in [5, 5.41) is 13.8. The van der Waals surface area contributed by atoms with Crippen molar-refractivity contribution in [3.05, 3.63) is 47.2 Å². The number of hydrogen-bond donors (Lipinski definition) is 2. The molecule has 2 aliphatic rings. The number of methoxy groups -OCH3 is 1. The summed E-state index contributed by atoms with van der Waals surface area (Å²) < 4.78 is 77.2. The van der Waals surface area contributed by atoms with E-state index in [1.54, 1.807) is 12.3 Å². The van der Waals surface area contributed by atoms with Crippen LogP contribution in [0.3, 0.4) is 0 Å². The highest BCUT2D eigenvalue weighted by Gasteiger charge is 2.40. The van der Waals surface area contributed by atoms with Crippen LogP contribution in [-0.4, -0.2) is 50.8 Å². The lowest BCUT2D eigenvalue weighted by molar-refractivity contribution is -0.144. The molecule has 0 bridgehead atoms. The first-order chi connectivity index (χ1) is 19.9. The first-order valence-corrected chi connectivity index (χ1v) is 13.7. The third-order valence-electron chi connectivity index (χ3n) is 7.77. The van der Waals surface area contributed by atoms with Crippen molar-refractivity contribution < 1.29 is 40.8 Å². The maximum absolute atomic E-state index is 14.0. The predicted molar refractivity (Wildman–Crippen MR) is 136 cm³/mol. The number of rotatable bonds is 11. The molecule has 2 aliphatic carbocycles. The van der Waals surface area contributed by atoms with Crippen molar-refractivity contribution in [1.29, 1.82) is 0 Å². The average molecular weight is 599 g/mol. The molecular weight excluding hydrogens is 567 g/mol. The van der Waals surface area contributed by atoms with Gasteiger partial charge >= 0.3 is 6.18 Å². The van der Waals surface area contributed by atoms with Crippen LogP contribution in [0.1, 0.15) is 90.8 Å². The third kappa shape index (κ3) is 7.23. The molecule has 0 aliphatic heterocycles. The summed E-state index contributed by atoms with van der Waals surface area (Å²) in [5.41, 5.74) is 1.82. The van der Waals surface area contributed by atoms with Gasteiger partial charge in [-0.05, 0) is 49.1 Å². The van der Waals surface area contributed by atoms with Crippen LogP contribution >= 0.6 is 0 Å². The summed E-state index contributed by atoms with van der Waals surface area (Å²) in [4.78, 5) is 30.2. The van der Waals surface area contributed by atoms with Gasteiger partial charge in [0, 0.05) is 26.4 Å². The molecule has 0 saturated heterocycles. The van der Waals surface area contributed by atoms with Crippen LogP contribution in [0.25, 0.3) is 5.65 Å². The van der Waals surface area contributed by atoms with Gasteiger partial charge in [-0.25, -0.2) is 18.3 Å². The fraction of sp³-hybridized carbons (Fsp3) is 0.593. The van der Waals surface area contributed by atoms with Gasteiger partial charge < -0.3 is 19.9 Å². The van der Waals surface area contributed by atoms with E-state index in [0.29, 0.717) is 16.9 Å². The van der Waals surface area contributed by atoms with E-state index in [4.69, 9.17) is 9.26 Å². The first-order valence-electron chi connectivity index (χ1n) is 13.7. The molecule has 0 unspecified atom stereocenters. The Balaban J connectivity index is 1.39. The van der Waals surface area contributed by atoms with Crippen molar-refractivity contribution in [2.75, 3.05) is 7.11 Å². The molecule has 228 valence electrons. The molecule has 2 atom stereocenters. The fourth-order valence-electron chi connectivity index (χ4n) is 5.37. The molecule has 0 radical (unpaired) electrons. The van der Waals surface area contributed by atoms with Gasteiger partial charge in [0.2, 0.25) is 11.8 Å². The van der Waals surface area contributed by atoms with Crippen molar-refractivity contribution >= 4 is 17.5 Å². The standard InChI is InChI=1S/C27H31F5N6O4/c1-41-14-20-18(13-42-37-20)25(40)36-24(16-4-7-26(28,29)8-5-16)19-12-38-21(34-19)10-17(11-33-38)23(15-2-3-15)35-22(39)6-9-27(30,31)32/h10-13,15-16,23-24H,2-9,14H2,1H3,(H,35,39)(H,36,40)/t23-,24+/m1/s1. The lowest BCUT2D eigenvalue weighted by atomic mass is 9.81. The summed E-state index contributed by atoms with van der Waals surface area (Å²) >= 11 is 0. The van der Waals surface area contributed by atoms with Crippen LogP contribution in [-0.2, 0) is 16.1 Å². The lowest BCUT2D eigenvalue weighted by Gasteiger charge is -2.33. The second-order valence-electron chi connectivity index (χ2n) is 11.0. The fourth-order valence-corrected chi connectivity index (χ4v) is 5.37. The van der Waals surface area contributed by atoms with E-state index in [1.165, 1.54) is 24.1 Å². The topological polar surface area (TPSA) is 124 Å². The van der Waals surface area contributed by atoms with E-state index in [9.17, 15) is 31.5 Å². The zero-order valence-corrected chi connectivity index (χ0v) is 22.8. The molecule has 3 aromatic heterocycles. The first kappa shape index (κ1) is 29.9. The summed E-state index contributed by atoms with van der Waals surface area (Å²) in [6.45, 7) is 0.0372. The number of amides is 2. The Bertz CT molecular complexity index is 1410. The molecule has 3 heterocycles. The Morgan fingerprint density at radius 3 is 2.52 bits per heavy atom. The van der Waals surface area contributed by atoms with E-state index < -0.39 is 48.8 Å². The SMILES string of the molecule is COCc1nocc1C(=O)N[C@H](c1cn2ncc([C@H](NC(=O)CCC(F)(F)F)C3CC3)cc2n1)C1CCC(F)(F)CC1. The number of imidazole rings is 1. The largest absolute Gasteiger partial charge is 0.389 e. The van der Waals surface area contributed by atoms with E-state index in [0.717, 1.165) is 12.8 Å².